The Kier molecular flexibility index (Phi) is 3.69. The molecule has 0 bridgehead atoms. The average molecular weight is 253 g/mol. The summed E-state index contributed by atoms with van der Waals surface area (Å²) in [5.74, 6) is 0.119. The molecule has 1 aromatic carbocycles. The highest BCUT2D eigenvalue weighted by Crippen LogP contribution is 2.48. The van der Waals surface area contributed by atoms with E-state index < -0.39 is 0 Å². The van der Waals surface area contributed by atoms with Gasteiger partial charge in [-0.25, -0.2) is 0 Å². The Morgan fingerprint density at radius 3 is 2.53 bits per heavy atom. The highest BCUT2D eigenvalue weighted by molar-refractivity contribution is 6.30. The van der Waals surface area contributed by atoms with Gasteiger partial charge in [0.1, 0.15) is 0 Å². The molecule has 4 heteroatoms. The van der Waals surface area contributed by atoms with E-state index in [0.29, 0.717) is 18.1 Å². The predicted molar refractivity (Wildman–Crippen MR) is 69.0 cm³/mol. The molecule has 2 rings (SSSR count). The first-order chi connectivity index (χ1) is 8.19. The number of rotatable bonds is 5. The van der Waals surface area contributed by atoms with Crippen LogP contribution >= 0.6 is 11.6 Å². The lowest BCUT2D eigenvalue weighted by molar-refractivity contribution is -0.123. The van der Waals surface area contributed by atoms with Gasteiger partial charge in [0.2, 0.25) is 5.91 Å². The van der Waals surface area contributed by atoms with Gasteiger partial charge >= 0.3 is 0 Å². The van der Waals surface area contributed by atoms with Crippen LogP contribution in [0.1, 0.15) is 24.8 Å². The van der Waals surface area contributed by atoms with Crippen molar-refractivity contribution < 1.29 is 4.79 Å². The highest BCUT2D eigenvalue weighted by atomic mass is 35.5. The molecule has 3 N–H and O–H groups in total. The van der Waals surface area contributed by atoms with Gasteiger partial charge in [0, 0.05) is 11.6 Å². The quantitative estimate of drug-likeness (QED) is 0.786. The molecule has 92 valence electrons. The van der Waals surface area contributed by atoms with Gasteiger partial charge in [-0.2, -0.15) is 0 Å². The van der Waals surface area contributed by atoms with Crippen LogP contribution in [0.5, 0.6) is 0 Å². The third-order valence-corrected chi connectivity index (χ3v) is 3.50. The van der Waals surface area contributed by atoms with E-state index in [1.54, 1.807) is 0 Å². The molecule has 3 nitrogen and oxygen atoms in total. The molecule has 17 heavy (non-hydrogen) atoms. The second kappa shape index (κ2) is 5.07. The first-order valence-electron chi connectivity index (χ1n) is 5.93. The number of amides is 1. The average Bonchev–Trinajstić information content (AvgIpc) is 3.11. The van der Waals surface area contributed by atoms with E-state index in [0.717, 1.165) is 24.8 Å². The van der Waals surface area contributed by atoms with Gasteiger partial charge in [-0.1, -0.05) is 23.7 Å². The first kappa shape index (κ1) is 12.4. The van der Waals surface area contributed by atoms with Crippen LogP contribution in [0, 0.1) is 0 Å². The van der Waals surface area contributed by atoms with E-state index in [9.17, 15) is 4.79 Å². The van der Waals surface area contributed by atoms with Crippen LogP contribution in [-0.4, -0.2) is 19.0 Å². The molecule has 1 amide bonds. The minimum atomic E-state index is -0.306. The maximum absolute atomic E-state index is 12.1. The molecule has 0 spiro atoms. The first-order valence-corrected chi connectivity index (χ1v) is 6.31. The van der Waals surface area contributed by atoms with Gasteiger partial charge in [0.05, 0.1) is 5.41 Å². The van der Waals surface area contributed by atoms with Gasteiger partial charge in [0.25, 0.3) is 0 Å². The zero-order valence-electron chi connectivity index (χ0n) is 9.71. The van der Waals surface area contributed by atoms with Crippen LogP contribution < -0.4 is 11.1 Å². The van der Waals surface area contributed by atoms with Gasteiger partial charge < -0.3 is 11.1 Å². The third-order valence-electron chi connectivity index (χ3n) is 3.25. The summed E-state index contributed by atoms with van der Waals surface area (Å²) < 4.78 is 0. The van der Waals surface area contributed by atoms with Crippen LogP contribution in [-0.2, 0) is 10.2 Å². The molecule has 0 unspecified atom stereocenters. The summed E-state index contributed by atoms with van der Waals surface area (Å²) in [6.07, 6.45) is 2.66. The van der Waals surface area contributed by atoms with Crippen LogP contribution in [0.2, 0.25) is 5.02 Å². The Morgan fingerprint density at radius 2 is 2.00 bits per heavy atom. The SMILES string of the molecule is NCCCNC(=O)C1(c2ccc(Cl)cc2)CC1. The number of carbonyl (C=O) groups excluding carboxylic acids is 1. The molecular formula is C13H17ClN2O. The Balaban J connectivity index is 2.03. The van der Waals surface area contributed by atoms with Crippen molar-refractivity contribution in [2.45, 2.75) is 24.7 Å². The molecule has 1 aromatic rings. The molecule has 0 heterocycles. The number of carbonyl (C=O) groups is 1. The van der Waals surface area contributed by atoms with Crippen molar-refractivity contribution in [3.8, 4) is 0 Å². The summed E-state index contributed by atoms with van der Waals surface area (Å²) in [4.78, 5) is 12.1. The van der Waals surface area contributed by atoms with Crippen LogP contribution in [0.25, 0.3) is 0 Å². The molecule has 0 aliphatic heterocycles. The molecule has 0 atom stereocenters. The van der Waals surface area contributed by atoms with Crippen molar-refractivity contribution in [1.82, 2.24) is 5.32 Å². The van der Waals surface area contributed by atoms with Gasteiger partial charge in [0.15, 0.2) is 0 Å². The van der Waals surface area contributed by atoms with E-state index in [2.05, 4.69) is 5.32 Å². The summed E-state index contributed by atoms with van der Waals surface area (Å²) in [5, 5.41) is 3.65. The number of halogens is 1. The molecular weight excluding hydrogens is 236 g/mol. The smallest absolute Gasteiger partial charge is 0.230 e. The molecule has 1 fully saturated rings. The summed E-state index contributed by atoms with van der Waals surface area (Å²) in [6, 6.07) is 7.56. The molecule has 1 aliphatic rings. The topological polar surface area (TPSA) is 55.1 Å². The fourth-order valence-corrected chi connectivity index (χ4v) is 2.14. The molecule has 1 saturated carbocycles. The summed E-state index contributed by atoms with van der Waals surface area (Å²) >= 11 is 5.85. The van der Waals surface area contributed by atoms with Crippen molar-refractivity contribution in [2.24, 2.45) is 5.73 Å². The van der Waals surface area contributed by atoms with Crippen LogP contribution in [0.15, 0.2) is 24.3 Å². The van der Waals surface area contributed by atoms with E-state index in [1.807, 2.05) is 24.3 Å². The number of nitrogens with one attached hydrogen (secondary N) is 1. The minimum Gasteiger partial charge on any atom is -0.355 e. The minimum absolute atomic E-state index is 0.119. The number of nitrogens with two attached hydrogens (primary N) is 1. The maximum atomic E-state index is 12.1. The molecule has 0 radical (unpaired) electrons. The van der Waals surface area contributed by atoms with E-state index in [-0.39, 0.29) is 11.3 Å². The van der Waals surface area contributed by atoms with Crippen LogP contribution in [0.4, 0.5) is 0 Å². The van der Waals surface area contributed by atoms with Crippen molar-refractivity contribution >= 4 is 17.5 Å². The Hall–Kier alpha value is -1.06. The van der Waals surface area contributed by atoms with Crippen molar-refractivity contribution in [3.63, 3.8) is 0 Å². The van der Waals surface area contributed by atoms with E-state index >= 15 is 0 Å². The normalized spacial score (nSPS) is 16.6. The zero-order valence-corrected chi connectivity index (χ0v) is 10.5. The van der Waals surface area contributed by atoms with Gasteiger partial charge in [-0.05, 0) is 43.5 Å². The van der Waals surface area contributed by atoms with Gasteiger partial charge in [-0.15, -0.1) is 0 Å². The lowest BCUT2D eigenvalue weighted by Gasteiger charge is -2.15. The second-order valence-corrected chi connectivity index (χ2v) is 4.92. The van der Waals surface area contributed by atoms with Crippen LogP contribution in [0.3, 0.4) is 0 Å². The second-order valence-electron chi connectivity index (χ2n) is 4.49. The Labute approximate surface area is 106 Å². The summed E-state index contributed by atoms with van der Waals surface area (Å²) in [6.45, 7) is 1.26. The molecule has 1 aliphatic carbocycles. The number of benzene rings is 1. The summed E-state index contributed by atoms with van der Waals surface area (Å²) in [5.41, 5.74) is 6.16. The third kappa shape index (κ3) is 2.61. The fraction of sp³-hybridized carbons (Fsp3) is 0.462. The van der Waals surface area contributed by atoms with Gasteiger partial charge in [-0.3, -0.25) is 4.79 Å². The van der Waals surface area contributed by atoms with E-state index in [4.69, 9.17) is 17.3 Å². The maximum Gasteiger partial charge on any atom is 0.230 e. The number of hydrogen-bond donors (Lipinski definition) is 2. The Bertz CT molecular complexity index is 398. The Morgan fingerprint density at radius 1 is 1.35 bits per heavy atom. The number of hydrogen-bond acceptors (Lipinski definition) is 2. The lowest BCUT2D eigenvalue weighted by Crippen LogP contribution is -2.35. The zero-order chi connectivity index (χ0) is 12.3. The predicted octanol–water partition coefficient (Wildman–Crippen LogP) is 1.84. The van der Waals surface area contributed by atoms with E-state index in [1.165, 1.54) is 0 Å². The molecule has 0 aromatic heterocycles. The van der Waals surface area contributed by atoms with Crippen molar-refractivity contribution in [1.29, 1.82) is 0 Å². The van der Waals surface area contributed by atoms with Crippen molar-refractivity contribution in [3.05, 3.63) is 34.9 Å². The lowest BCUT2D eigenvalue weighted by atomic mass is 9.95. The summed E-state index contributed by atoms with van der Waals surface area (Å²) in [7, 11) is 0. The highest BCUT2D eigenvalue weighted by Gasteiger charge is 2.50. The standard InChI is InChI=1S/C13H17ClN2O/c14-11-4-2-10(3-5-11)13(6-7-13)12(17)16-9-1-8-15/h2-5H,1,6-9,15H2,(H,16,17). The molecule has 0 saturated heterocycles. The fourth-order valence-electron chi connectivity index (χ4n) is 2.01. The van der Waals surface area contributed by atoms with Crippen molar-refractivity contribution in [2.75, 3.05) is 13.1 Å². The largest absolute Gasteiger partial charge is 0.355 e. The monoisotopic (exact) mass is 252 g/mol.